The summed E-state index contributed by atoms with van der Waals surface area (Å²) in [6.07, 6.45) is 0. The predicted octanol–water partition coefficient (Wildman–Crippen LogP) is 3.04. The Hall–Kier alpha value is -1.61. The van der Waals surface area contributed by atoms with E-state index in [-0.39, 0.29) is 0 Å². The summed E-state index contributed by atoms with van der Waals surface area (Å²) in [6.45, 7) is 9.36. The highest BCUT2D eigenvalue weighted by Crippen LogP contribution is 2.31. The third kappa shape index (κ3) is 2.43. The minimum absolute atomic E-state index is 0.795. The molecule has 0 saturated carbocycles. The number of hydrogen-bond donors (Lipinski definition) is 1. The molecule has 0 unspecified atom stereocenters. The van der Waals surface area contributed by atoms with Gasteiger partial charge in [-0.05, 0) is 45.9 Å². The maximum Gasteiger partial charge on any atom is 0.106 e. The Labute approximate surface area is 115 Å². The molecule has 19 heavy (non-hydrogen) atoms. The lowest BCUT2D eigenvalue weighted by Gasteiger charge is -2.14. The Morgan fingerprint density at radius 2 is 1.68 bits per heavy atom. The van der Waals surface area contributed by atoms with Crippen molar-refractivity contribution in [2.45, 2.75) is 34.2 Å². The van der Waals surface area contributed by atoms with Gasteiger partial charge in [0.15, 0.2) is 0 Å². The number of aryl methyl sites for hydroxylation is 4. The number of benzene rings is 1. The summed E-state index contributed by atoms with van der Waals surface area (Å²) in [4.78, 5) is 4.68. The highest BCUT2D eigenvalue weighted by atomic mass is 15.1. The third-order valence-corrected chi connectivity index (χ3v) is 3.65. The lowest BCUT2D eigenvalue weighted by molar-refractivity contribution is 0.796. The van der Waals surface area contributed by atoms with E-state index in [1.165, 1.54) is 27.9 Å². The first-order chi connectivity index (χ1) is 8.95. The van der Waals surface area contributed by atoms with Crippen molar-refractivity contribution in [3.05, 3.63) is 40.3 Å². The summed E-state index contributed by atoms with van der Waals surface area (Å²) in [6, 6.07) is 4.49. The van der Waals surface area contributed by atoms with Crippen LogP contribution in [0.5, 0.6) is 0 Å². The second-order valence-corrected chi connectivity index (χ2v) is 5.32. The maximum absolute atomic E-state index is 4.68. The molecule has 0 aliphatic rings. The van der Waals surface area contributed by atoms with Gasteiger partial charge in [0.25, 0.3) is 0 Å². The van der Waals surface area contributed by atoms with Crippen LogP contribution in [0.4, 0.5) is 0 Å². The van der Waals surface area contributed by atoms with Gasteiger partial charge in [0.1, 0.15) is 5.82 Å². The first kappa shape index (κ1) is 13.8. The highest BCUT2D eigenvalue weighted by Gasteiger charge is 2.17. The Morgan fingerprint density at radius 1 is 1.11 bits per heavy atom. The summed E-state index contributed by atoms with van der Waals surface area (Å²) < 4.78 is 2.19. The van der Waals surface area contributed by atoms with Crippen molar-refractivity contribution in [3.8, 4) is 11.3 Å². The smallest absolute Gasteiger partial charge is 0.106 e. The Balaban J connectivity index is 2.71. The minimum Gasteiger partial charge on any atom is -0.331 e. The molecule has 0 fully saturated rings. The molecule has 1 N–H and O–H groups in total. The van der Waals surface area contributed by atoms with Crippen LogP contribution in [-0.4, -0.2) is 16.6 Å². The molecule has 0 atom stereocenters. The molecule has 2 rings (SSSR count). The largest absolute Gasteiger partial charge is 0.331 e. The Bertz CT molecular complexity index is 586. The molecule has 3 nitrogen and oxygen atoms in total. The molecule has 2 aromatic rings. The van der Waals surface area contributed by atoms with Crippen LogP contribution in [0.25, 0.3) is 11.3 Å². The fourth-order valence-corrected chi connectivity index (χ4v) is 2.83. The average Bonchev–Trinajstić information content (AvgIpc) is 2.56. The average molecular weight is 257 g/mol. The lowest BCUT2D eigenvalue weighted by Crippen LogP contribution is -2.08. The quantitative estimate of drug-likeness (QED) is 0.916. The molecule has 1 heterocycles. The standard InChI is InChI=1S/C16H23N3/c1-10-7-11(2)15(12(3)8-10)16-14(9-17-5)18-13(4)19(16)6/h7-8,17H,9H2,1-6H3. The summed E-state index contributed by atoms with van der Waals surface area (Å²) in [5.41, 5.74) is 7.63. The molecule has 0 amide bonds. The molecule has 0 aliphatic carbocycles. The number of imidazole rings is 1. The van der Waals surface area contributed by atoms with Crippen molar-refractivity contribution in [1.29, 1.82) is 0 Å². The first-order valence-electron chi connectivity index (χ1n) is 6.70. The van der Waals surface area contributed by atoms with E-state index in [0.29, 0.717) is 0 Å². The molecule has 0 aliphatic heterocycles. The number of nitrogens with zero attached hydrogens (tertiary/aromatic N) is 2. The van der Waals surface area contributed by atoms with Crippen molar-refractivity contribution >= 4 is 0 Å². The Kier molecular flexibility index (Phi) is 3.76. The molecule has 0 bridgehead atoms. The third-order valence-electron chi connectivity index (χ3n) is 3.65. The minimum atomic E-state index is 0.795. The maximum atomic E-state index is 4.68. The van der Waals surface area contributed by atoms with Gasteiger partial charge < -0.3 is 9.88 Å². The van der Waals surface area contributed by atoms with Gasteiger partial charge in [0, 0.05) is 19.2 Å². The number of rotatable bonds is 3. The second kappa shape index (κ2) is 5.17. The topological polar surface area (TPSA) is 29.9 Å². The van der Waals surface area contributed by atoms with Gasteiger partial charge in [0.2, 0.25) is 0 Å². The van der Waals surface area contributed by atoms with Gasteiger partial charge in [-0.25, -0.2) is 4.98 Å². The molecule has 3 heteroatoms. The summed E-state index contributed by atoms with van der Waals surface area (Å²) in [5.74, 6) is 1.06. The van der Waals surface area contributed by atoms with E-state index < -0.39 is 0 Å². The van der Waals surface area contributed by atoms with Crippen LogP contribution in [0.3, 0.4) is 0 Å². The zero-order chi connectivity index (χ0) is 14.2. The van der Waals surface area contributed by atoms with Crippen molar-refractivity contribution in [2.24, 2.45) is 7.05 Å². The second-order valence-electron chi connectivity index (χ2n) is 5.32. The SMILES string of the molecule is CNCc1nc(C)n(C)c1-c1c(C)cc(C)cc1C. The van der Waals surface area contributed by atoms with Crippen LogP contribution in [-0.2, 0) is 13.6 Å². The van der Waals surface area contributed by atoms with Crippen LogP contribution >= 0.6 is 0 Å². The number of hydrogen-bond acceptors (Lipinski definition) is 2. The van der Waals surface area contributed by atoms with Crippen LogP contribution in [0.15, 0.2) is 12.1 Å². The van der Waals surface area contributed by atoms with E-state index >= 15 is 0 Å². The molecule has 1 aromatic carbocycles. The molecular formula is C16H23N3. The van der Waals surface area contributed by atoms with Gasteiger partial charge in [-0.15, -0.1) is 0 Å². The summed E-state index contributed by atoms with van der Waals surface area (Å²) in [5, 5.41) is 3.21. The highest BCUT2D eigenvalue weighted by molar-refractivity contribution is 5.71. The molecule has 0 radical (unpaired) electrons. The first-order valence-corrected chi connectivity index (χ1v) is 6.70. The Morgan fingerprint density at radius 3 is 2.21 bits per heavy atom. The van der Waals surface area contributed by atoms with E-state index in [4.69, 9.17) is 0 Å². The van der Waals surface area contributed by atoms with Crippen LogP contribution in [0.1, 0.15) is 28.2 Å². The number of aromatic nitrogens is 2. The summed E-state index contributed by atoms with van der Waals surface area (Å²) in [7, 11) is 4.05. The van der Waals surface area contributed by atoms with Crippen molar-refractivity contribution in [2.75, 3.05) is 7.05 Å². The zero-order valence-corrected chi connectivity index (χ0v) is 12.8. The van der Waals surface area contributed by atoms with Crippen molar-refractivity contribution in [1.82, 2.24) is 14.9 Å². The van der Waals surface area contributed by atoms with Crippen LogP contribution in [0.2, 0.25) is 0 Å². The van der Waals surface area contributed by atoms with Crippen LogP contribution < -0.4 is 5.32 Å². The van der Waals surface area contributed by atoms with E-state index in [9.17, 15) is 0 Å². The molecule has 1 aromatic heterocycles. The van der Waals surface area contributed by atoms with E-state index in [1.54, 1.807) is 0 Å². The van der Waals surface area contributed by atoms with Crippen molar-refractivity contribution in [3.63, 3.8) is 0 Å². The molecule has 0 spiro atoms. The zero-order valence-electron chi connectivity index (χ0n) is 12.8. The molecule has 0 saturated heterocycles. The van der Waals surface area contributed by atoms with Gasteiger partial charge in [-0.1, -0.05) is 17.7 Å². The fraction of sp³-hybridized carbons (Fsp3) is 0.438. The predicted molar refractivity (Wildman–Crippen MR) is 80.4 cm³/mol. The normalized spacial score (nSPS) is 11.1. The molecule has 102 valence electrons. The fourth-order valence-electron chi connectivity index (χ4n) is 2.83. The summed E-state index contributed by atoms with van der Waals surface area (Å²) >= 11 is 0. The monoisotopic (exact) mass is 257 g/mol. The van der Waals surface area contributed by atoms with Gasteiger partial charge >= 0.3 is 0 Å². The van der Waals surface area contributed by atoms with Crippen LogP contribution in [0, 0.1) is 27.7 Å². The van der Waals surface area contributed by atoms with Gasteiger partial charge in [-0.3, -0.25) is 0 Å². The van der Waals surface area contributed by atoms with Gasteiger partial charge in [-0.2, -0.15) is 0 Å². The number of nitrogens with one attached hydrogen (secondary N) is 1. The van der Waals surface area contributed by atoms with E-state index in [2.05, 4.69) is 61.7 Å². The van der Waals surface area contributed by atoms with Gasteiger partial charge in [0.05, 0.1) is 11.4 Å². The lowest BCUT2D eigenvalue weighted by atomic mass is 9.96. The van der Waals surface area contributed by atoms with Crippen molar-refractivity contribution < 1.29 is 0 Å². The van der Waals surface area contributed by atoms with E-state index in [1.807, 2.05) is 7.05 Å². The van der Waals surface area contributed by atoms with E-state index in [0.717, 1.165) is 18.1 Å². The molecular weight excluding hydrogens is 234 g/mol.